The third kappa shape index (κ3) is 4.57. The molecule has 2 aliphatic heterocycles. The van der Waals surface area contributed by atoms with Gasteiger partial charge in [-0.15, -0.1) is 11.8 Å². The van der Waals surface area contributed by atoms with E-state index in [0.717, 1.165) is 56.0 Å². The summed E-state index contributed by atoms with van der Waals surface area (Å²) in [5, 5.41) is 4.38. The summed E-state index contributed by atoms with van der Waals surface area (Å²) in [7, 11) is 1.95. The fraction of sp³-hybridized carbons (Fsp3) is 0.500. The van der Waals surface area contributed by atoms with Crippen molar-refractivity contribution in [1.29, 1.82) is 0 Å². The Balaban J connectivity index is 1.08. The number of hydrogen-bond acceptors (Lipinski definition) is 6. The Morgan fingerprint density at radius 1 is 1.26 bits per heavy atom. The van der Waals surface area contributed by atoms with Crippen molar-refractivity contribution in [2.75, 3.05) is 32.4 Å². The molecular formula is C24H28F3N5OS. The molecule has 5 rings (SSSR count). The third-order valence-corrected chi connectivity index (χ3v) is 8.45. The first-order valence-electron chi connectivity index (χ1n) is 11.5. The zero-order valence-electron chi connectivity index (χ0n) is 18.9. The Labute approximate surface area is 200 Å². The maximum absolute atomic E-state index is 13.4. The second-order valence-electron chi connectivity index (χ2n) is 9.42. The van der Waals surface area contributed by atoms with Crippen molar-refractivity contribution >= 4 is 17.6 Å². The van der Waals surface area contributed by atoms with Crippen molar-refractivity contribution in [2.24, 2.45) is 10.5 Å². The highest BCUT2D eigenvalue weighted by Crippen LogP contribution is 2.65. The van der Waals surface area contributed by atoms with Gasteiger partial charge in [0.25, 0.3) is 0 Å². The molecule has 0 amide bonds. The van der Waals surface area contributed by atoms with E-state index in [1.165, 1.54) is 18.2 Å². The lowest BCUT2D eigenvalue weighted by molar-refractivity contribution is -0.138. The van der Waals surface area contributed by atoms with Crippen LogP contribution in [0.25, 0.3) is 0 Å². The number of alkyl halides is 3. The number of likely N-dealkylation sites (tertiary alicyclic amines) is 1. The molecule has 1 aliphatic carbocycles. The van der Waals surface area contributed by atoms with Gasteiger partial charge in [-0.05, 0) is 67.1 Å². The van der Waals surface area contributed by atoms with Crippen LogP contribution >= 0.6 is 11.8 Å². The highest BCUT2D eigenvalue weighted by molar-refractivity contribution is 7.99. The van der Waals surface area contributed by atoms with E-state index in [2.05, 4.69) is 20.4 Å². The van der Waals surface area contributed by atoms with Crippen LogP contribution in [0.15, 0.2) is 52.5 Å². The number of aromatic nitrogens is 1. The van der Waals surface area contributed by atoms with Crippen LogP contribution in [0.5, 0.6) is 0 Å². The molecule has 182 valence electrons. The molecule has 2 aromatic rings. The molecule has 1 aromatic carbocycles. The van der Waals surface area contributed by atoms with Gasteiger partial charge in [0.2, 0.25) is 5.56 Å². The van der Waals surface area contributed by atoms with Crippen molar-refractivity contribution in [2.45, 2.75) is 36.9 Å². The first-order valence-corrected chi connectivity index (χ1v) is 12.6. The second kappa shape index (κ2) is 8.96. The Morgan fingerprint density at radius 3 is 2.88 bits per heavy atom. The van der Waals surface area contributed by atoms with Gasteiger partial charge in [0, 0.05) is 31.4 Å². The van der Waals surface area contributed by atoms with E-state index >= 15 is 0 Å². The minimum absolute atomic E-state index is 0.00545. The molecule has 1 aromatic heterocycles. The summed E-state index contributed by atoms with van der Waals surface area (Å²) in [5.74, 6) is 1.69. The summed E-state index contributed by atoms with van der Waals surface area (Å²) in [6.07, 6.45) is 0.138. The molecular weight excluding hydrogens is 463 g/mol. The first kappa shape index (κ1) is 23.3. The summed E-state index contributed by atoms with van der Waals surface area (Å²) in [6.45, 7) is 2.78. The molecule has 10 heteroatoms. The lowest BCUT2D eigenvalue weighted by Crippen LogP contribution is -2.35. The van der Waals surface area contributed by atoms with Gasteiger partial charge in [-0.3, -0.25) is 10.2 Å². The molecule has 2 N–H and O–H groups in total. The number of hydrazone groups is 1. The summed E-state index contributed by atoms with van der Waals surface area (Å²) in [5.41, 5.74) is 3.76. The van der Waals surface area contributed by atoms with Gasteiger partial charge in [-0.1, -0.05) is 18.2 Å². The minimum Gasteiger partial charge on any atom is -0.329 e. The Kier molecular flexibility index (Phi) is 6.14. The average molecular weight is 492 g/mol. The van der Waals surface area contributed by atoms with Gasteiger partial charge >= 0.3 is 6.18 Å². The van der Waals surface area contributed by atoms with Crippen molar-refractivity contribution in [1.82, 2.24) is 20.2 Å². The number of thioether (sulfide) groups is 1. The predicted octanol–water partition coefficient (Wildman–Crippen LogP) is 3.88. The molecule has 0 bridgehead atoms. The third-order valence-electron chi connectivity index (χ3n) is 7.19. The molecule has 3 aliphatic rings. The van der Waals surface area contributed by atoms with Crippen LogP contribution in [0.4, 0.5) is 13.2 Å². The topological polar surface area (TPSA) is 63.7 Å². The predicted molar refractivity (Wildman–Crippen MR) is 128 cm³/mol. The normalized spacial score (nSPS) is 26.7. The van der Waals surface area contributed by atoms with Crippen LogP contribution in [0.3, 0.4) is 0 Å². The summed E-state index contributed by atoms with van der Waals surface area (Å²) in [6, 6.07) is 9.43. The molecule has 34 heavy (non-hydrogen) atoms. The van der Waals surface area contributed by atoms with Gasteiger partial charge in [0.05, 0.1) is 5.56 Å². The highest BCUT2D eigenvalue weighted by Gasteiger charge is 2.59. The highest BCUT2D eigenvalue weighted by atomic mass is 32.2. The standard InChI is InChI=1S/C24H28F3N5OS/c1-31-21(16-7-9-28-20(33)13-16)29-30-22(31)34-12-4-10-32-11-8-23(15-32)14-19(23)17-5-2-3-6-18(17)24(25,26)27/h2-3,5-7,9,13,19,22,30H,4,8,10-12,14-15H2,1H3,(H,28,33)/t19?,22?,23-/m0/s1. The van der Waals surface area contributed by atoms with E-state index in [0.29, 0.717) is 5.56 Å². The van der Waals surface area contributed by atoms with E-state index < -0.39 is 11.7 Å². The summed E-state index contributed by atoms with van der Waals surface area (Å²) < 4.78 is 40.3. The van der Waals surface area contributed by atoms with Crippen LogP contribution in [-0.4, -0.2) is 58.6 Å². The number of hydrogen-bond donors (Lipinski definition) is 2. The second-order valence-corrected chi connectivity index (χ2v) is 10.6. The van der Waals surface area contributed by atoms with E-state index in [1.807, 2.05) is 18.0 Å². The van der Waals surface area contributed by atoms with Gasteiger partial charge in [-0.25, -0.2) is 0 Å². The van der Waals surface area contributed by atoms with Crippen LogP contribution in [0.2, 0.25) is 0 Å². The van der Waals surface area contributed by atoms with Gasteiger partial charge in [0.15, 0.2) is 11.3 Å². The zero-order valence-corrected chi connectivity index (χ0v) is 19.8. The molecule has 2 fully saturated rings. The van der Waals surface area contributed by atoms with Crippen molar-refractivity contribution < 1.29 is 13.2 Å². The Bertz CT molecular complexity index is 1140. The fourth-order valence-electron chi connectivity index (χ4n) is 5.35. The van der Waals surface area contributed by atoms with E-state index in [4.69, 9.17) is 0 Å². The number of halogens is 3. The number of amidine groups is 1. The Hall–Kier alpha value is -2.46. The van der Waals surface area contributed by atoms with Crippen molar-refractivity contribution in [3.05, 3.63) is 69.6 Å². The smallest absolute Gasteiger partial charge is 0.329 e. The molecule has 1 saturated carbocycles. The molecule has 1 spiro atoms. The van der Waals surface area contributed by atoms with Crippen LogP contribution < -0.4 is 11.0 Å². The van der Waals surface area contributed by atoms with Gasteiger partial charge in [-0.2, -0.15) is 18.3 Å². The van der Waals surface area contributed by atoms with Gasteiger partial charge < -0.3 is 14.8 Å². The maximum Gasteiger partial charge on any atom is 0.416 e. The molecule has 1 saturated heterocycles. The van der Waals surface area contributed by atoms with E-state index in [9.17, 15) is 18.0 Å². The molecule has 6 nitrogen and oxygen atoms in total. The summed E-state index contributed by atoms with van der Waals surface area (Å²) in [4.78, 5) is 18.6. The van der Waals surface area contributed by atoms with Crippen LogP contribution in [-0.2, 0) is 6.18 Å². The lowest BCUT2D eigenvalue weighted by Gasteiger charge is -2.22. The molecule has 3 atom stereocenters. The average Bonchev–Trinajstić information content (AvgIpc) is 3.14. The van der Waals surface area contributed by atoms with Crippen LogP contribution in [0, 0.1) is 5.41 Å². The molecule has 3 heterocycles. The van der Waals surface area contributed by atoms with Crippen molar-refractivity contribution in [3.8, 4) is 0 Å². The number of nitrogens with zero attached hydrogens (tertiary/aromatic N) is 3. The van der Waals surface area contributed by atoms with Crippen molar-refractivity contribution in [3.63, 3.8) is 0 Å². The number of H-pyrrole nitrogens is 1. The molecule has 2 unspecified atom stereocenters. The number of benzene rings is 1. The van der Waals surface area contributed by atoms with Gasteiger partial charge in [0.1, 0.15) is 0 Å². The maximum atomic E-state index is 13.4. The number of nitrogens with one attached hydrogen (secondary N) is 2. The number of aromatic amines is 1. The number of rotatable bonds is 7. The van der Waals surface area contributed by atoms with Crippen LogP contribution in [0.1, 0.15) is 41.9 Å². The zero-order chi connectivity index (χ0) is 23.9. The quantitative estimate of drug-likeness (QED) is 0.576. The fourth-order valence-corrected chi connectivity index (χ4v) is 6.32. The first-order chi connectivity index (χ1) is 16.3. The summed E-state index contributed by atoms with van der Waals surface area (Å²) >= 11 is 1.76. The largest absolute Gasteiger partial charge is 0.416 e. The lowest BCUT2D eigenvalue weighted by atomic mass is 9.95. The Morgan fingerprint density at radius 2 is 2.09 bits per heavy atom. The van der Waals surface area contributed by atoms with E-state index in [1.54, 1.807) is 30.1 Å². The van der Waals surface area contributed by atoms with E-state index in [-0.39, 0.29) is 22.4 Å². The molecule has 0 radical (unpaired) electrons. The monoisotopic (exact) mass is 491 g/mol. The SMILES string of the molecule is CN1C(c2cc[nH]c(=O)c2)=NNC1SCCCN1CC[C@]2(CC2c2ccccc2C(F)(F)F)C1. The number of pyridine rings is 1. The minimum atomic E-state index is -4.29.